The minimum absolute atomic E-state index is 0.0525. The van der Waals surface area contributed by atoms with Crippen molar-refractivity contribution in [1.29, 1.82) is 0 Å². The van der Waals surface area contributed by atoms with Gasteiger partial charge < -0.3 is 4.84 Å². The first kappa shape index (κ1) is 12.7. The van der Waals surface area contributed by atoms with Gasteiger partial charge in [-0.1, -0.05) is 39.0 Å². The predicted octanol–water partition coefficient (Wildman–Crippen LogP) is 2.78. The van der Waals surface area contributed by atoms with Gasteiger partial charge in [0.05, 0.1) is 5.56 Å². The van der Waals surface area contributed by atoms with Gasteiger partial charge in [0.1, 0.15) is 0 Å². The third-order valence-electron chi connectivity index (χ3n) is 2.64. The van der Waals surface area contributed by atoms with Gasteiger partial charge in [0.2, 0.25) is 0 Å². The molecule has 1 aromatic carbocycles. The third kappa shape index (κ3) is 3.66. The van der Waals surface area contributed by atoms with Crippen LogP contribution in [0.3, 0.4) is 0 Å². The van der Waals surface area contributed by atoms with Crippen LogP contribution < -0.4 is 5.48 Å². The summed E-state index contributed by atoms with van der Waals surface area (Å²) in [6, 6.07) is 9.03. The molecule has 1 aromatic rings. The molecule has 3 nitrogen and oxygen atoms in total. The van der Waals surface area contributed by atoms with Crippen LogP contribution in [0, 0.1) is 5.41 Å². The quantitative estimate of drug-likeness (QED) is 0.798. The number of benzene rings is 1. The second kappa shape index (κ2) is 5.12. The van der Waals surface area contributed by atoms with Crippen LogP contribution in [0.1, 0.15) is 38.1 Å². The number of carbonyl (C=O) groups excluding carboxylic acids is 1. The van der Waals surface area contributed by atoms with Crippen LogP contribution in [-0.4, -0.2) is 12.0 Å². The van der Waals surface area contributed by atoms with Crippen molar-refractivity contribution >= 4 is 5.97 Å². The fourth-order valence-electron chi connectivity index (χ4n) is 0.952. The Morgan fingerprint density at radius 3 is 2.31 bits per heavy atom. The van der Waals surface area contributed by atoms with E-state index in [0.29, 0.717) is 5.56 Å². The van der Waals surface area contributed by atoms with Crippen molar-refractivity contribution in [2.45, 2.75) is 33.7 Å². The molecule has 0 saturated heterocycles. The highest BCUT2D eigenvalue weighted by Gasteiger charge is 2.21. The summed E-state index contributed by atoms with van der Waals surface area (Å²) in [5.74, 6) is -0.350. The highest BCUT2D eigenvalue weighted by Crippen LogP contribution is 2.18. The highest BCUT2D eigenvalue weighted by atomic mass is 16.7. The minimum Gasteiger partial charge on any atom is -0.366 e. The normalized spacial score (nSPS) is 13.2. The molecular formula is C13H19NO2. The van der Waals surface area contributed by atoms with Crippen molar-refractivity contribution in [3.63, 3.8) is 0 Å². The molecule has 0 unspecified atom stereocenters. The second-order valence-corrected chi connectivity index (χ2v) is 4.96. The molecule has 0 spiro atoms. The van der Waals surface area contributed by atoms with Gasteiger partial charge in [0.25, 0.3) is 0 Å². The molecule has 0 aliphatic rings. The van der Waals surface area contributed by atoms with E-state index in [1.54, 1.807) is 12.1 Å². The smallest absolute Gasteiger partial charge is 0.356 e. The lowest BCUT2D eigenvalue weighted by Gasteiger charge is -2.26. The van der Waals surface area contributed by atoms with Crippen molar-refractivity contribution < 1.29 is 9.63 Å². The summed E-state index contributed by atoms with van der Waals surface area (Å²) >= 11 is 0. The van der Waals surface area contributed by atoms with Crippen LogP contribution in [0.2, 0.25) is 0 Å². The van der Waals surface area contributed by atoms with Crippen LogP contribution >= 0.6 is 0 Å². The van der Waals surface area contributed by atoms with Gasteiger partial charge in [-0.25, -0.2) is 4.79 Å². The Labute approximate surface area is 96.8 Å². The molecular weight excluding hydrogens is 202 g/mol. The van der Waals surface area contributed by atoms with Crippen molar-refractivity contribution in [2.24, 2.45) is 5.41 Å². The average molecular weight is 221 g/mol. The zero-order valence-electron chi connectivity index (χ0n) is 10.3. The monoisotopic (exact) mass is 221 g/mol. The number of hydrogen-bond donors (Lipinski definition) is 1. The summed E-state index contributed by atoms with van der Waals surface area (Å²) in [5, 5.41) is 0. The first-order valence-corrected chi connectivity index (χ1v) is 5.43. The molecule has 88 valence electrons. The molecule has 1 rings (SSSR count). The van der Waals surface area contributed by atoms with Gasteiger partial charge in [0.15, 0.2) is 0 Å². The van der Waals surface area contributed by atoms with E-state index in [-0.39, 0.29) is 17.4 Å². The lowest BCUT2D eigenvalue weighted by molar-refractivity contribution is 0.00434. The van der Waals surface area contributed by atoms with E-state index in [1.165, 1.54) is 0 Å². The van der Waals surface area contributed by atoms with Gasteiger partial charge >= 0.3 is 5.97 Å². The van der Waals surface area contributed by atoms with Crippen LogP contribution in [0.5, 0.6) is 0 Å². The molecule has 1 atom stereocenters. The third-order valence-corrected chi connectivity index (χ3v) is 2.64. The standard InChI is InChI=1S/C13H19NO2/c1-10(13(2,3)4)14-16-12(15)11-8-6-5-7-9-11/h5-10,14H,1-4H3/t10-/m1/s1. The molecule has 0 saturated carbocycles. The number of carbonyl (C=O) groups is 1. The predicted molar refractivity (Wildman–Crippen MR) is 63.9 cm³/mol. The van der Waals surface area contributed by atoms with Gasteiger partial charge in [-0.3, -0.25) is 0 Å². The minimum atomic E-state index is -0.350. The van der Waals surface area contributed by atoms with Crippen molar-refractivity contribution in [3.05, 3.63) is 35.9 Å². The Morgan fingerprint density at radius 2 is 1.81 bits per heavy atom. The lowest BCUT2D eigenvalue weighted by Crippen LogP contribution is -2.38. The molecule has 1 N–H and O–H groups in total. The Kier molecular flexibility index (Phi) is 4.07. The zero-order chi connectivity index (χ0) is 12.2. The fraction of sp³-hybridized carbons (Fsp3) is 0.462. The van der Waals surface area contributed by atoms with Gasteiger partial charge in [0, 0.05) is 6.04 Å². The molecule has 0 aliphatic heterocycles. The molecule has 0 bridgehead atoms. The summed E-state index contributed by atoms with van der Waals surface area (Å²) in [5.41, 5.74) is 3.38. The van der Waals surface area contributed by atoms with E-state index in [0.717, 1.165) is 0 Å². The summed E-state index contributed by atoms with van der Waals surface area (Å²) in [4.78, 5) is 16.6. The first-order valence-electron chi connectivity index (χ1n) is 5.43. The Hall–Kier alpha value is -1.35. The van der Waals surface area contributed by atoms with Crippen LogP contribution in [-0.2, 0) is 4.84 Å². The van der Waals surface area contributed by atoms with Crippen LogP contribution in [0.4, 0.5) is 0 Å². The summed E-state index contributed by atoms with van der Waals surface area (Å²) in [7, 11) is 0. The van der Waals surface area contributed by atoms with E-state index in [2.05, 4.69) is 26.3 Å². The van der Waals surface area contributed by atoms with Crippen molar-refractivity contribution in [1.82, 2.24) is 5.48 Å². The Balaban J connectivity index is 2.48. The van der Waals surface area contributed by atoms with E-state index in [4.69, 9.17) is 4.84 Å². The number of nitrogens with one attached hydrogen (secondary N) is 1. The highest BCUT2D eigenvalue weighted by molar-refractivity contribution is 5.89. The molecule has 3 heteroatoms. The number of rotatable bonds is 3. The molecule has 0 aliphatic carbocycles. The van der Waals surface area contributed by atoms with Gasteiger partial charge in [-0.05, 0) is 24.5 Å². The van der Waals surface area contributed by atoms with Crippen LogP contribution in [0.15, 0.2) is 30.3 Å². The molecule has 0 radical (unpaired) electrons. The van der Waals surface area contributed by atoms with Gasteiger partial charge in [-0.2, -0.15) is 0 Å². The Bertz CT molecular complexity index is 341. The van der Waals surface area contributed by atoms with Crippen molar-refractivity contribution in [3.8, 4) is 0 Å². The van der Waals surface area contributed by atoms with Crippen molar-refractivity contribution in [2.75, 3.05) is 0 Å². The molecule has 16 heavy (non-hydrogen) atoms. The van der Waals surface area contributed by atoms with E-state index >= 15 is 0 Å². The van der Waals surface area contributed by atoms with E-state index in [9.17, 15) is 4.79 Å². The summed E-state index contributed by atoms with van der Waals surface area (Å²) in [6.07, 6.45) is 0. The summed E-state index contributed by atoms with van der Waals surface area (Å²) in [6.45, 7) is 8.24. The summed E-state index contributed by atoms with van der Waals surface area (Å²) < 4.78 is 0. The SMILES string of the molecule is C[C@@H](NOC(=O)c1ccccc1)C(C)(C)C. The maximum Gasteiger partial charge on any atom is 0.356 e. The molecule has 0 fully saturated rings. The largest absolute Gasteiger partial charge is 0.366 e. The fourth-order valence-corrected chi connectivity index (χ4v) is 0.952. The Morgan fingerprint density at radius 1 is 1.25 bits per heavy atom. The lowest BCUT2D eigenvalue weighted by atomic mass is 9.89. The second-order valence-electron chi connectivity index (χ2n) is 4.96. The number of hydroxylamine groups is 1. The maximum atomic E-state index is 11.6. The van der Waals surface area contributed by atoms with E-state index in [1.807, 2.05) is 25.1 Å². The maximum absolute atomic E-state index is 11.6. The molecule has 0 aromatic heterocycles. The first-order chi connectivity index (χ1) is 7.41. The zero-order valence-corrected chi connectivity index (χ0v) is 10.3. The topological polar surface area (TPSA) is 38.3 Å². The van der Waals surface area contributed by atoms with Gasteiger partial charge in [-0.15, -0.1) is 5.48 Å². The molecule has 0 amide bonds. The van der Waals surface area contributed by atoms with Crippen LogP contribution in [0.25, 0.3) is 0 Å². The molecule has 0 heterocycles. The van der Waals surface area contributed by atoms with E-state index < -0.39 is 0 Å². The number of hydrogen-bond acceptors (Lipinski definition) is 3. The average Bonchev–Trinajstić information content (AvgIpc) is 2.25.